The van der Waals surface area contributed by atoms with Crippen LogP contribution in [0.15, 0.2) is 28.7 Å². The Hall–Kier alpha value is -2.48. The fourth-order valence-electron chi connectivity index (χ4n) is 3.53. The molecule has 1 fully saturated rings. The Labute approximate surface area is 180 Å². The number of para-hydroxylation sites is 1. The lowest BCUT2D eigenvalue weighted by Gasteiger charge is -2.20. The zero-order valence-electron chi connectivity index (χ0n) is 17.4. The predicted octanol–water partition coefficient (Wildman–Crippen LogP) is 4.39. The summed E-state index contributed by atoms with van der Waals surface area (Å²) < 4.78 is 11.1. The number of amides is 3. The highest BCUT2D eigenvalue weighted by molar-refractivity contribution is 7.99. The molecule has 1 aromatic heterocycles. The smallest absolute Gasteiger partial charge is 0.375 e. The molecule has 0 radical (unpaired) electrons. The van der Waals surface area contributed by atoms with Gasteiger partial charge in [-0.15, -0.1) is 0 Å². The van der Waals surface area contributed by atoms with E-state index < -0.39 is 24.0 Å². The molecule has 8 heteroatoms. The number of fused-ring (bicyclic) bond motifs is 1. The van der Waals surface area contributed by atoms with Crippen molar-refractivity contribution >= 4 is 40.6 Å². The van der Waals surface area contributed by atoms with Crippen LogP contribution in [0.5, 0.6) is 0 Å². The summed E-state index contributed by atoms with van der Waals surface area (Å²) in [7, 11) is 0. The second-order valence-corrected chi connectivity index (χ2v) is 8.66. The highest BCUT2D eigenvalue weighted by Crippen LogP contribution is 2.35. The molecule has 1 atom stereocenters. The number of carbonyl (C=O) groups is 3. The van der Waals surface area contributed by atoms with E-state index in [-0.39, 0.29) is 5.76 Å². The van der Waals surface area contributed by atoms with E-state index in [0.29, 0.717) is 23.1 Å². The van der Waals surface area contributed by atoms with Crippen LogP contribution < -0.4 is 10.6 Å². The molecular weight excluding hydrogens is 404 g/mol. The van der Waals surface area contributed by atoms with Crippen molar-refractivity contribution in [3.63, 3.8) is 0 Å². The molecule has 3 rings (SSSR count). The number of imide groups is 1. The lowest BCUT2D eigenvalue weighted by atomic mass is 10.0. The Balaban J connectivity index is 1.72. The number of ether oxygens (including phenoxy) is 1. The van der Waals surface area contributed by atoms with Crippen LogP contribution in [0.3, 0.4) is 0 Å². The molecule has 0 spiro atoms. The van der Waals surface area contributed by atoms with Gasteiger partial charge in [-0.3, -0.25) is 10.1 Å². The van der Waals surface area contributed by atoms with Gasteiger partial charge in [0.05, 0.1) is 0 Å². The molecular formula is C22H28N2O5S. The molecule has 0 saturated heterocycles. The van der Waals surface area contributed by atoms with Gasteiger partial charge in [0, 0.05) is 28.5 Å². The minimum atomic E-state index is -1.13. The van der Waals surface area contributed by atoms with Gasteiger partial charge in [-0.05, 0) is 32.8 Å². The van der Waals surface area contributed by atoms with Gasteiger partial charge >= 0.3 is 12.0 Å². The first-order chi connectivity index (χ1) is 14.5. The molecule has 7 nitrogen and oxygen atoms in total. The number of hydrogen-bond donors (Lipinski definition) is 2. The highest BCUT2D eigenvalue weighted by Gasteiger charge is 2.27. The highest BCUT2D eigenvalue weighted by atomic mass is 32.2. The first kappa shape index (κ1) is 22.2. The van der Waals surface area contributed by atoms with Gasteiger partial charge in [-0.2, -0.15) is 11.8 Å². The molecule has 1 aliphatic carbocycles. The third kappa shape index (κ3) is 5.56. The van der Waals surface area contributed by atoms with Crippen molar-refractivity contribution in [2.24, 2.45) is 0 Å². The van der Waals surface area contributed by atoms with Crippen molar-refractivity contribution in [3.8, 4) is 0 Å². The monoisotopic (exact) mass is 432 g/mol. The second-order valence-electron chi connectivity index (χ2n) is 7.37. The molecule has 1 saturated carbocycles. The summed E-state index contributed by atoms with van der Waals surface area (Å²) in [6.07, 6.45) is 5.04. The first-order valence-electron chi connectivity index (χ1n) is 10.4. The van der Waals surface area contributed by atoms with Crippen molar-refractivity contribution < 1.29 is 23.5 Å². The molecule has 0 bridgehead atoms. The van der Waals surface area contributed by atoms with Gasteiger partial charge in [0.25, 0.3) is 5.91 Å². The number of urea groups is 1. The van der Waals surface area contributed by atoms with E-state index >= 15 is 0 Å². The maximum atomic E-state index is 12.8. The summed E-state index contributed by atoms with van der Waals surface area (Å²) in [6, 6.07) is 6.87. The third-order valence-corrected chi connectivity index (χ3v) is 6.52. The van der Waals surface area contributed by atoms with Crippen LogP contribution in [0.25, 0.3) is 11.0 Å². The number of hydrogen-bond acceptors (Lipinski definition) is 6. The Bertz CT molecular complexity index is 904. The molecule has 2 aromatic rings. The maximum Gasteiger partial charge on any atom is 0.375 e. The SMILES string of the molecule is CCNC(=O)NC(=O)[C@H](C)OC(=O)c1oc2ccccc2c1CSC1CCCCC1. The van der Waals surface area contributed by atoms with E-state index in [4.69, 9.17) is 9.15 Å². The van der Waals surface area contributed by atoms with Gasteiger partial charge in [0.2, 0.25) is 5.76 Å². The van der Waals surface area contributed by atoms with Gasteiger partial charge in [0.15, 0.2) is 6.10 Å². The number of nitrogens with one attached hydrogen (secondary N) is 2. The van der Waals surface area contributed by atoms with Gasteiger partial charge in [-0.1, -0.05) is 37.5 Å². The third-order valence-electron chi connectivity index (χ3n) is 5.13. The lowest BCUT2D eigenvalue weighted by Crippen LogP contribution is -2.44. The van der Waals surface area contributed by atoms with E-state index in [0.717, 1.165) is 10.9 Å². The standard InChI is InChI=1S/C22H28N2O5S/c1-3-23-22(27)24-20(25)14(2)28-21(26)19-17(13-30-15-9-5-4-6-10-15)16-11-7-8-12-18(16)29-19/h7-8,11-12,14-15H,3-6,9-10,13H2,1-2H3,(H2,23,24,25,27)/t14-/m0/s1. The zero-order valence-corrected chi connectivity index (χ0v) is 18.2. The molecule has 1 aliphatic rings. The van der Waals surface area contributed by atoms with E-state index in [1.807, 2.05) is 36.0 Å². The van der Waals surface area contributed by atoms with E-state index in [1.165, 1.54) is 39.0 Å². The molecule has 0 unspecified atom stereocenters. The van der Waals surface area contributed by atoms with Crippen LogP contribution >= 0.6 is 11.8 Å². The summed E-state index contributed by atoms with van der Waals surface area (Å²) in [6.45, 7) is 3.54. The summed E-state index contributed by atoms with van der Waals surface area (Å²) >= 11 is 1.84. The molecule has 3 amide bonds. The molecule has 162 valence electrons. The van der Waals surface area contributed by atoms with Crippen molar-refractivity contribution in [3.05, 3.63) is 35.6 Å². The van der Waals surface area contributed by atoms with Crippen molar-refractivity contribution in [2.45, 2.75) is 63.1 Å². The molecule has 0 aliphatic heterocycles. The zero-order chi connectivity index (χ0) is 21.5. The van der Waals surface area contributed by atoms with Gasteiger partial charge in [-0.25, -0.2) is 9.59 Å². The number of carbonyl (C=O) groups excluding carboxylic acids is 3. The number of rotatable bonds is 7. The van der Waals surface area contributed by atoms with Crippen molar-refractivity contribution in [1.29, 1.82) is 0 Å². The van der Waals surface area contributed by atoms with E-state index in [2.05, 4.69) is 10.6 Å². The number of benzene rings is 1. The lowest BCUT2D eigenvalue weighted by molar-refractivity contribution is -0.128. The first-order valence-corrected chi connectivity index (χ1v) is 11.5. The number of esters is 1. The Morgan fingerprint density at radius 3 is 2.67 bits per heavy atom. The molecule has 1 heterocycles. The van der Waals surface area contributed by atoms with Crippen LogP contribution in [-0.4, -0.2) is 35.8 Å². The Morgan fingerprint density at radius 2 is 1.93 bits per heavy atom. The normalized spacial score (nSPS) is 15.5. The molecule has 30 heavy (non-hydrogen) atoms. The topological polar surface area (TPSA) is 97.6 Å². The van der Waals surface area contributed by atoms with Crippen LogP contribution in [0.2, 0.25) is 0 Å². The van der Waals surface area contributed by atoms with Crippen LogP contribution in [0.1, 0.15) is 62.1 Å². The summed E-state index contributed by atoms with van der Waals surface area (Å²) in [5.41, 5.74) is 1.41. The van der Waals surface area contributed by atoms with E-state index in [1.54, 1.807) is 6.92 Å². The minimum Gasteiger partial charge on any atom is -0.449 e. The molecule has 1 aromatic carbocycles. The Morgan fingerprint density at radius 1 is 1.20 bits per heavy atom. The summed E-state index contributed by atoms with van der Waals surface area (Å²) in [5, 5.41) is 6.07. The summed E-state index contributed by atoms with van der Waals surface area (Å²) in [5.74, 6) is -0.629. The molecule has 2 N–H and O–H groups in total. The second kappa shape index (κ2) is 10.5. The van der Waals surface area contributed by atoms with Crippen molar-refractivity contribution in [1.82, 2.24) is 10.6 Å². The van der Waals surface area contributed by atoms with Crippen LogP contribution in [0.4, 0.5) is 4.79 Å². The maximum absolute atomic E-state index is 12.8. The van der Waals surface area contributed by atoms with Crippen LogP contribution in [-0.2, 0) is 15.3 Å². The van der Waals surface area contributed by atoms with Gasteiger partial charge < -0.3 is 14.5 Å². The van der Waals surface area contributed by atoms with Crippen LogP contribution in [0, 0.1) is 0 Å². The Kier molecular flexibility index (Phi) is 7.79. The average Bonchev–Trinajstić information content (AvgIpc) is 3.12. The van der Waals surface area contributed by atoms with Crippen molar-refractivity contribution in [2.75, 3.05) is 6.54 Å². The van der Waals surface area contributed by atoms with Gasteiger partial charge in [0.1, 0.15) is 5.58 Å². The predicted molar refractivity (Wildman–Crippen MR) is 116 cm³/mol. The number of thioether (sulfide) groups is 1. The fraction of sp³-hybridized carbons (Fsp3) is 0.500. The largest absolute Gasteiger partial charge is 0.449 e. The quantitative estimate of drug-likeness (QED) is 0.630. The minimum absolute atomic E-state index is 0.122. The average molecular weight is 433 g/mol. The van der Waals surface area contributed by atoms with E-state index in [9.17, 15) is 14.4 Å². The fourth-order valence-corrected chi connectivity index (χ4v) is 4.88. The number of furan rings is 1. The summed E-state index contributed by atoms with van der Waals surface area (Å²) in [4.78, 5) is 36.4.